The monoisotopic (exact) mass is 212 g/mol. The number of hydrogen-bond acceptors (Lipinski definition) is 1. The third kappa shape index (κ3) is 3.38. The van der Waals surface area contributed by atoms with Crippen LogP contribution in [0.15, 0.2) is 42.0 Å². The third-order valence-electron chi connectivity index (χ3n) is 2.25. The molecule has 2 nitrogen and oxygen atoms in total. The van der Waals surface area contributed by atoms with E-state index >= 15 is 0 Å². The molecule has 1 aromatic carbocycles. The summed E-state index contributed by atoms with van der Waals surface area (Å²) in [5, 5.41) is 3.23. The van der Waals surface area contributed by atoms with Crippen molar-refractivity contribution in [2.75, 3.05) is 13.1 Å². The van der Waals surface area contributed by atoms with Crippen LogP contribution in [-0.4, -0.2) is 19.4 Å². The molecule has 0 amide bonds. The van der Waals surface area contributed by atoms with E-state index in [1.54, 1.807) is 6.29 Å². The molecule has 1 aliphatic heterocycles. The molecular weight excluding hydrogens is 198 g/mol. The van der Waals surface area contributed by atoms with Crippen molar-refractivity contribution in [2.24, 2.45) is 0 Å². The Balaban J connectivity index is 2.07. The molecule has 0 saturated heterocycles. The van der Waals surface area contributed by atoms with Crippen molar-refractivity contribution in [1.82, 2.24) is 5.32 Å². The molecule has 0 unspecified atom stereocenters. The van der Waals surface area contributed by atoms with E-state index in [0.29, 0.717) is 0 Å². The van der Waals surface area contributed by atoms with Gasteiger partial charge in [-0.05, 0) is 6.42 Å². The van der Waals surface area contributed by atoms with E-state index in [4.69, 9.17) is 4.42 Å². The first kappa shape index (κ1) is 10.7. The lowest BCUT2D eigenvalue weighted by Crippen LogP contribution is -2.17. The topological polar surface area (TPSA) is 23.3 Å². The molecule has 1 heterocycles. The highest BCUT2D eigenvalue weighted by molar-refractivity contribution is 5.75. The molecule has 16 heavy (non-hydrogen) atoms. The first-order chi connectivity index (χ1) is 7.95. The highest BCUT2D eigenvalue weighted by atomic mass is 16.4. The van der Waals surface area contributed by atoms with Gasteiger partial charge in [0.1, 0.15) is 0 Å². The number of allylic oxidation sites excluding steroid dienone is 1. The highest BCUT2D eigenvalue weighted by Crippen LogP contribution is 2.08. The fourth-order valence-corrected chi connectivity index (χ4v) is 1.39. The van der Waals surface area contributed by atoms with E-state index in [2.05, 4.69) is 17.2 Å². The van der Waals surface area contributed by atoms with Gasteiger partial charge in [0.05, 0.1) is 12.1 Å². The SMILES string of the molecule is C1#CCNCCC(C=[O+]c2ccccc2)=C1. The fourth-order valence-electron chi connectivity index (χ4n) is 1.39. The summed E-state index contributed by atoms with van der Waals surface area (Å²) >= 11 is 0. The molecular formula is C14H14NO+. The van der Waals surface area contributed by atoms with Gasteiger partial charge >= 0.3 is 12.0 Å². The van der Waals surface area contributed by atoms with Gasteiger partial charge in [-0.15, -0.1) is 0 Å². The molecule has 0 aliphatic carbocycles. The summed E-state index contributed by atoms with van der Waals surface area (Å²) in [6, 6.07) is 9.75. The largest absolute Gasteiger partial charge is 0.352 e. The Morgan fingerprint density at radius 3 is 3.00 bits per heavy atom. The average Bonchev–Trinajstić information content (AvgIpc) is 2.29. The summed E-state index contributed by atoms with van der Waals surface area (Å²) in [7, 11) is 0. The zero-order valence-corrected chi connectivity index (χ0v) is 9.07. The van der Waals surface area contributed by atoms with E-state index in [-0.39, 0.29) is 0 Å². The first-order valence-electron chi connectivity index (χ1n) is 5.38. The Labute approximate surface area is 95.7 Å². The lowest BCUT2D eigenvalue weighted by Gasteiger charge is -1.99. The van der Waals surface area contributed by atoms with Gasteiger partial charge in [-0.2, -0.15) is 0 Å². The minimum absolute atomic E-state index is 0.767. The summed E-state index contributed by atoms with van der Waals surface area (Å²) < 4.78 is 5.55. The van der Waals surface area contributed by atoms with Gasteiger partial charge in [0, 0.05) is 24.8 Å². The van der Waals surface area contributed by atoms with Crippen LogP contribution in [0.1, 0.15) is 6.42 Å². The molecule has 1 N–H and O–H groups in total. The van der Waals surface area contributed by atoms with Crippen LogP contribution in [0, 0.1) is 11.8 Å². The van der Waals surface area contributed by atoms with E-state index in [9.17, 15) is 0 Å². The Kier molecular flexibility index (Phi) is 3.93. The zero-order chi connectivity index (χ0) is 11.1. The Bertz CT molecular complexity index is 449. The zero-order valence-electron chi connectivity index (χ0n) is 9.07. The average molecular weight is 212 g/mol. The number of rotatable bonds is 2. The smallest absolute Gasteiger partial charge is 0.306 e. The van der Waals surface area contributed by atoms with Gasteiger partial charge in [0.15, 0.2) is 0 Å². The minimum atomic E-state index is 0.767. The molecule has 0 bridgehead atoms. The van der Waals surface area contributed by atoms with Gasteiger partial charge in [-0.1, -0.05) is 30.0 Å². The number of carbonyl (C=O) groups excluding carboxylic acids is 1. The van der Waals surface area contributed by atoms with Gasteiger partial charge < -0.3 is 5.32 Å². The second-order valence-electron chi connectivity index (χ2n) is 3.52. The number of hydrogen-bond donors (Lipinski definition) is 1. The van der Waals surface area contributed by atoms with Gasteiger partial charge in [-0.3, -0.25) is 0 Å². The molecule has 0 fully saturated rings. The number of aldehydes is 1. The second kappa shape index (κ2) is 5.89. The molecule has 1 aliphatic rings. The predicted molar refractivity (Wildman–Crippen MR) is 65.3 cm³/mol. The van der Waals surface area contributed by atoms with Crippen molar-refractivity contribution in [3.63, 3.8) is 0 Å². The van der Waals surface area contributed by atoms with E-state index in [1.807, 2.05) is 36.4 Å². The molecule has 80 valence electrons. The van der Waals surface area contributed by atoms with Crippen LogP contribution in [0.5, 0.6) is 5.75 Å². The quantitative estimate of drug-likeness (QED) is 0.452. The van der Waals surface area contributed by atoms with Gasteiger partial charge in [0.2, 0.25) is 0 Å². The number of para-hydroxylation sites is 1. The van der Waals surface area contributed by atoms with Crippen molar-refractivity contribution in [3.05, 3.63) is 42.0 Å². The number of benzene rings is 1. The molecule has 2 heteroatoms. The van der Waals surface area contributed by atoms with Gasteiger partial charge in [-0.25, -0.2) is 4.42 Å². The Morgan fingerprint density at radius 1 is 1.25 bits per heavy atom. The first-order valence-corrected chi connectivity index (χ1v) is 5.38. The summed E-state index contributed by atoms with van der Waals surface area (Å²) in [6.07, 6.45) is 4.64. The summed E-state index contributed by atoms with van der Waals surface area (Å²) in [4.78, 5) is 0. The lowest BCUT2D eigenvalue weighted by atomic mass is 10.2. The van der Waals surface area contributed by atoms with Crippen molar-refractivity contribution in [1.29, 1.82) is 0 Å². The van der Waals surface area contributed by atoms with Crippen molar-refractivity contribution >= 4 is 6.29 Å². The highest BCUT2D eigenvalue weighted by Gasteiger charge is 2.03. The predicted octanol–water partition coefficient (Wildman–Crippen LogP) is 2.06. The third-order valence-corrected chi connectivity index (χ3v) is 2.25. The van der Waals surface area contributed by atoms with Gasteiger partial charge in [0.25, 0.3) is 0 Å². The maximum absolute atomic E-state index is 5.55. The summed E-state index contributed by atoms with van der Waals surface area (Å²) in [5.74, 6) is 6.84. The van der Waals surface area contributed by atoms with Crippen LogP contribution in [0.25, 0.3) is 0 Å². The molecule has 0 radical (unpaired) electrons. The van der Waals surface area contributed by atoms with E-state index in [0.717, 1.165) is 30.8 Å². The van der Waals surface area contributed by atoms with Crippen LogP contribution < -0.4 is 5.32 Å². The van der Waals surface area contributed by atoms with Crippen LogP contribution in [0.3, 0.4) is 0 Å². The summed E-state index contributed by atoms with van der Waals surface area (Å²) in [5.41, 5.74) is 1.11. The molecule has 0 spiro atoms. The van der Waals surface area contributed by atoms with E-state index in [1.165, 1.54) is 0 Å². The van der Waals surface area contributed by atoms with Crippen LogP contribution in [0.4, 0.5) is 0 Å². The molecule has 0 saturated carbocycles. The Hall–Kier alpha value is -1.85. The maximum Gasteiger partial charge on any atom is 0.352 e. The second-order valence-corrected chi connectivity index (χ2v) is 3.52. The maximum atomic E-state index is 5.55. The number of nitrogens with one attached hydrogen (secondary N) is 1. The van der Waals surface area contributed by atoms with E-state index < -0.39 is 0 Å². The molecule has 1 aromatic rings. The normalized spacial score (nSPS) is 15.9. The van der Waals surface area contributed by atoms with Crippen LogP contribution in [0.2, 0.25) is 0 Å². The lowest BCUT2D eigenvalue weighted by molar-refractivity contribution is -0.359. The molecule has 2 rings (SSSR count). The molecule has 0 atom stereocenters. The van der Waals surface area contributed by atoms with Crippen molar-refractivity contribution < 1.29 is 4.42 Å². The van der Waals surface area contributed by atoms with Crippen molar-refractivity contribution in [3.8, 4) is 17.6 Å². The summed E-state index contributed by atoms with van der Waals surface area (Å²) in [6.45, 7) is 1.71. The standard InChI is InChI=1S/C14H14NO/c1-2-7-14(8-3-1)16-12-13-6-4-5-10-15-11-9-13/h1-3,6-8,12,15H,9-11H2/q+1. The molecule has 0 aromatic heterocycles. The van der Waals surface area contributed by atoms with Crippen molar-refractivity contribution in [2.45, 2.75) is 6.42 Å². The Morgan fingerprint density at radius 2 is 2.12 bits per heavy atom. The van der Waals surface area contributed by atoms with Crippen LogP contribution >= 0.6 is 0 Å². The minimum Gasteiger partial charge on any atom is -0.306 e. The fraction of sp³-hybridized carbons (Fsp3) is 0.214. The van der Waals surface area contributed by atoms with Crippen LogP contribution in [-0.2, 0) is 4.42 Å².